The van der Waals surface area contributed by atoms with Crippen molar-refractivity contribution >= 4 is 27.4 Å². The van der Waals surface area contributed by atoms with Crippen molar-refractivity contribution in [2.45, 2.75) is 31.3 Å². The van der Waals surface area contributed by atoms with Crippen LogP contribution in [0.25, 0.3) is 0 Å². The van der Waals surface area contributed by atoms with Crippen LogP contribution in [0.3, 0.4) is 0 Å². The van der Waals surface area contributed by atoms with Gasteiger partial charge in [-0.3, -0.25) is 14.5 Å². The van der Waals surface area contributed by atoms with Crippen LogP contribution in [0, 0.1) is 0 Å². The Morgan fingerprint density at radius 2 is 1.88 bits per heavy atom. The van der Waals surface area contributed by atoms with Crippen molar-refractivity contribution in [3.8, 4) is 0 Å². The van der Waals surface area contributed by atoms with E-state index in [2.05, 4.69) is 27.3 Å². The Morgan fingerprint density at radius 3 is 2.53 bits per heavy atom. The van der Waals surface area contributed by atoms with E-state index in [0.29, 0.717) is 13.0 Å². The number of hydrazone groups is 1. The molecule has 0 radical (unpaired) electrons. The number of carbonyl (C=O) groups excluding carboxylic acids is 2. The first-order chi connectivity index (χ1) is 15.3. The van der Waals surface area contributed by atoms with E-state index in [4.69, 9.17) is 0 Å². The molecule has 9 nitrogen and oxygen atoms in total. The van der Waals surface area contributed by atoms with Gasteiger partial charge in [-0.25, -0.2) is 13.4 Å². The van der Waals surface area contributed by atoms with Gasteiger partial charge in [-0.15, -0.1) is 0 Å². The topological polar surface area (TPSA) is 102 Å². The van der Waals surface area contributed by atoms with Gasteiger partial charge in [0.25, 0.3) is 5.91 Å². The number of amides is 2. The van der Waals surface area contributed by atoms with E-state index in [1.165, 1.54) is 5.01 Å². The summed E-state index contributed by atoms with van der Waals surface area (Å²) >= 11 is 0. The molecular weight excluding hydrogens is 430 g/mol. The molecule has 1 aromatic rings. The molecule has 3 aliphatic rings. The second-order valence-corrected chi connectivity index (χ2v) is 11.1. The zero-order valence-electron chi connectivity index (χ0n) is 18.4. The molecule has 4 rings (SSSR count). The van der Waals surface area contributed by atoms with E-state index in [9.17, 15) is 18.0 Å². The van der Waals surface area contributed by atoms with Gasteiger partial charge in [0.15, 0.2) is 9.84 Å². The highest BCUT2D eigenvalue weighted by atomic mass is 32.2. The Morgan fingerprint density at radius 1 is 1.16 bits per heavy atom. The minimum Gasteiger partial charge on any atom is -0.343 e. The number of piperazine rings is 1. The lowest BCUT2D eigenvalue weighted by molar-refractivity contribution is -0.133. The Labute approximate surface area is 189 Å². The zero-order valence-corrected chi connectivity index (χ0v) is 19.3. The fourth-order valence-electron chi connectivity index (χ4n) is 4.44. The third-order valence-corrected chi connectivity index (χ3v) is 8.17. The molecule has 1 aromatic carbocycles. The van der Waals surface area contributed by atoms with Crippen LogP contribution in [0.15, 0.2) is 35.4 Å². The van der Waals surface area contributed by atoms with Gasteiger partial charge in [0.2, 0.25) is 5.91 Å². The van der Waals surface area contributed by atoms with E-state index in [1.54, 1.807) is 0 Å². The lowest BCUT2D eigenvalue weighted by Gasteiger charge is -2.35. The standard InChI is InChI=1S/C22H31N5O4S/c1-25-10-12-26(13-11-25)15-20(17-5-3-2-4-6-17)23-22(29)19-7-8-21(28)27(24-19)18-9-14-32(30,31)16-18/h2-6,18,20H,7-16H2,1H3,(H,23,29). The molecule has 32 heavy (non-hydrogen) atoms. The number of hydrogen-bond donors (Lipinski definition) is 1. The molecule has 2 saturated heterocycles. The van der Waals surface area contributed by atoms with Crippen LogP contribution >= 0.6 is 0 Å². The van der Waals surface area contributed by atoms with Crippen molar-refractivity contribution < 1.29 is 18.0 Å². The van der Waals surface area contributed by atoms with Crippen LogP contribution in [0.4, 0.5) is 0 Å². The minimum atomic E-state index is -3.15. The van der Waals surface area contributed by atoms with Gasteiger partial charge < -0.3 is 10.2 Å². The van der Waals surface area contributed by atoms with Gasteiger partial charge in [-0.2, -0.15) is 5.10 Å². The monoisotopic (exact) mass is 461 g/mol. The molecule has 1 N–H and O–H groups in total. The van der Waals surface area contributed by atoms with Crippen molar-refractivity contribution in [1.82, 2.24) is 20.1 Å². The fraction of sp³-hybridized carbons (Fsp3) is 0.591. The predicted octanol–water partition coefficient (Wildman–Crippen LogP) is 0.257. The van der Waals surface area contributed by atoms with Gasteiger partial charge in [-0.1, -0.05) is 30.3 Å². The molecule has 2 amide bonds. The first kappa shape index (κ1) is 22.9. The summed E-state index contributed by atoms with van der Waals surface area (Å²) in [5, 5.41) is 8.68. The predicted molar refractivity (Wildman–Crippen MR) is 122 cm³/mol. The first-order valence-corrected chi connectivity index (χ1v) is 13.0. The maximum Gasteiger partial charge on any atom is 0.268 e. The number of hydrogen-bond acceptors (Lipinski definition) is 7. The van der Waals surface area contributed by atoms with E-state index in [-0.39, 0.29) is 47.9 Å². The summed E-state index contributed by atoms with van der Waals surface area (Å²) in [4.78, 5) is 30.2. The molecule has 2 unspecified atom stereocenters. The van der Waals surface area contributed by atoms with Gasteiger partial charge in [0.05, 0.1) is 23.6 Å². The number of nitrogens with zero attached hydrogens (tertiary/aromatic N) is 4. The van der Waals surface area contributed by atoms with E-state index in [1.807, 2.05) is 30.3 Å². The van der Waals surface area contributed by atoms with Crippen LogP contribution < -0.4 is 5.32 Å². The van der Waals surface area contributed by atoms with Crippen molar-refractivity contribution in [2.24, 2.45) is 5.10 Å². The van der Waals surface area contributed by atoms with E-state index in [0.717, 1.165) is 31.7 Å². The van der Waals surface area contributed by atoms with Gasteiger partial charge in [0.1, 0.15) is 5.71 Å². The molecule has 174 valence electrons. The highest BCUT2D eigenvalue weighted by Gasteiger charge is 2.37. The van der Waals surface area contributed by atoms with Crippen LogP contribution in [0.2, 0.25) is 0 Å². The number of likely N-dealkylation sites (N-methyl/N-ethyl adjacent to an activating group) is 1. The number of carbonyl (C=O) groups is 2. The van der Waals surface area contributed by atoms with E-state index >= 15 is 0 Å². The number of sulfone groups is 1. The largest absolute Gasteiger partial charge is 0.343 e. The normalized spacial score (nSPS) is 25.4. The molecule has 3 aliphatic heterocycles. The van der Waals surface area contributed by atoms with Crippen molar-refractivity contribution in [3.63, 3.8) is 0 Å². The fourth-order valence-corrected chi connectivity index (χ4v) is 6.13. The molecule has 0 aliphatic carbocycles. The summed E-state index contributed by atoms with van der Waals surface area (Å²) in [5.41, 5.74) is 1.30. The molecule has 0 spiro atoms. The SMILES string of the molecule is CN1CCN(CC(NC(=O)C2=NN(C3CCS(=O)(=O)C3)C(=O)CC2)c2ccccc2)CC1. The van der Waals surface area contributed by atoms with E-state index < -0.39 is 15.9 Å². The average Bonchev–Trinajstić information content (AvgIpc) is 3.15. The lowest BCUT2D eigenvalue weighted by Crippen LogP contribution is -2.49. The maximum atomic E-state index is 13.1. The molecular formula is C22H31N5O4S. The number of nitrogens with one attached hydrogen (secondary N) is 1. The summed E-state index contributed by atoms with van der Waals surface area (Å²) < 4.78 is 23.7. The second-order valence-electron chi connectivity index (χ2n) is 8.88. The molecule has 2 fully saturated rings. The van der Waals surface area contributed by atoms with Crippen molar-refractivity contribution in [3.05, 3.63) is 35.9 Å². The average molecular weight is 462 g/mol. The maximum absolute atomic E-state index is 13.1. The summed E-state index contributed by atoms with van der Waals surface area (Å²) in [7, 11) is -1.05. The Balaban J connectivity index is 1.48. The van der Waals surface area contributed by atoms with Crippen LogP contribution in [-0.4, -0.2) is 98.1 Å². The minimum absolute atomic E-state index is 0.0552. The summed E-state index contributed by atoms with van der Waals surface area (Å²) in [6.45, 7) is 4.55. The Hall–Kier alpha value is -2.30. The molecule has 0 saturated carbocycles. The number of benzene rings is 1. The van der Waals surface area contributed by atoms with Gasteiger partial charge >= 0.3 is 0 Å². The van der Waals surface area contributed by atoms with Crippen molar-refractivity contribution in [1.29, 1.82) is 0 Å². The highest BCUT2D eigenvalue weighted by Crippen LogP contribution is 2.23. The Bertz CT molecular complexity index is 973. The summed E-state index contributed by atoms with van der Waals surface area (Å²) in [5.74, 6) is -0.556. The first-order valence-electron chi connectivity index (χ1n) is 11.2. The highest BCUT2D eigenvalue weighted by molar-refractivity contribution is 7.91. The van der Waals surface area contributed by atoms with Gasteiger partial charge in [0, 0.05) is 45.6 Å². The quantitative estimate of drug-likeness (QED) is 0.652. The van der Waals surface area contributed by atoms with Crippen LogP contribution in [0.5, 0.6) is 0 Å². The van der Waals surface area contributed by atoms with Crippen molar-refractivity contribution in [2.75, 3.05) is 51.3 Å². The van der Waals surface area contributed by atoms with Gasteiger partial charge in [-0.05, 0) is 19.0 Å². The second kappa shape index (κ2) is 9.68. The summed E-state index contributed by atoms with van der Waals surface area (Å²) in [6.07, 6.45) is 0.788. The molecule has 2 atom stereocenters. The molecule has 10 heteroatoms. The van der Waals surface area contributed by atoms with Crippen LogP contribution in [-0.2, 0) is 19.4 Å². The molecule has 0 aromatic heterocycles. The smallest absolute Gasteiger partial charge is 0.268 e. The third-order valence-electron chi connectivity index (χ3n) is 6.42. The summed E-state index contributed by atoms with van der Waals surface area (Å²) in [6, 6.07) is 9.18. The Kier molecular flexibility index (Phi) is 6.92. The number of rotatable bonds is 6. The lowest BCUT2D eigenvalue weighted by atomic mass is 10.0. The molecule has 3 heterocycles. The zero-order chi connectivity index (χ0) is 22.7. The van der Waals surface area contributed by atoms with Crippen LogP contribution in [0.1, 0.15) is 30.9 Å². The third kappa shape index (κ3) is 5.54. The molecule has 0 bridgehead atoms.